The predicted octanol–water partition coefficient (Wildman–Crippen LogP) is 3.04. The molecule has 2 rings (SSSR count). The van der Waals surface area contributed by atoms with Gasteiger partial charge in [-0.15, -0.1) is 0 Å². The molecule has 0 radical (unpaired) electrons. The largest absolute Gasteiger partial charge is 0.350 e. The predicted molar refractivity (Wildman–Crippen MR) is 75.5 cm³/mol. The third-order valence-electron chi connectivity index (χ3n) is 2.83. The van der Waals surface area contributed by atoms with Crippen LogP contribution in [0.15, 0.2) is 34.9 Å². The molecule has 0 fully saturated rings. The van der Waals surface area contributed by atoms with Gasteiger partial charge in [0, 0.05) is 30.3 Å². The molecule has 1 aromatic heterocycles. The number of aromatic nitrogens is 1. The Kier molecular flexibility index (Phi) is 4.54. The van der Waals surface area contributed by atoms with Crippen molar-refractivity contribution in [3.8, 4) is 0 Å². The second-order valence-electron chi connectivity index (χ2n) is 4.44. The fourth-order valence-corrected chi connectivity index (χ4v) is 2.44. The summed E-state index contributed by atoms with van der Waals surface area (Å²) >= 11 is 3.29. The van der Waals surface area contributed by atoms with Crippen LogP contribution in [-0.2, 0) is 13.5 Å². The highest BCUT2D eigenvalue weighted by Gasteiger charge is 2.10. The molecule has 6 heteroatoms. The second-order valence-corrected chi connectivity index (χ2v) is 5.35. The van der Waals surface area contributed by atoms with Gasteiger partial charge in [-0.25, -0.2) is 8.78 Å². The lowest BCUT2D eigenvalue weighted by molar-refractivity contribution is 0.0946. The lowest BCUT2D eigenvalue weighted by Gasteiger charge is -2.06. The summed E-state index contributed by atoms with van der Waals surface area (Å²) in [5.74, 6) is -1.45. The zero-order chi connectivity index (χ0) is 14.7. The number of aryl methyl sites for hydroxylation is 1. The monoisotopic (exact) mass is 342 g/mol. The first-order chi connectivity index (χ1) is 9.45. The smallest absolute Gasteiger partial charge is 0.267 e. The summed E-state index contributed by atoms with van der Waals surface area (Å²) in [4.78, 5) is 11.9. The molecular formula is C14H13BrF2N2O. The van der Waals surface area contributed by atoms with Gasteiger partial charge in [-0.2, -0.15) is 0 Å². The number of nitrogens with one attached hydrogen (secondary N) is 1. The van der Waals surface area contributed by atoms with Gasteiger partial charge in [0.25, 0.3) is 5.91 Å². The van der Waals surface area contributed by atoms with Gasteiger partial charge in [-0.05, 0) is 46.1 Å². The number of hydrogen-bond donors (Lipinski definition) is 1. The van der Waals surface area contributed by atoms with Crippen LogP contribution in [0.5, 0.6) is 0 Å². The zero-order valence-electron chi connectivity index (χ0n) is 10.8. The van der Waals surface area contributed by atoms with Gasteiger partial charge in [-0.1, -0.05) is 0 Å². The quantitative estimate of drug-likeness (QED) is 0.910. The van der Waals surface area contributed by atoms with E-state index in [1.165, 1.54) is 12.1 Å². The Balaban J connectivity index is 1.92. The average Bonchev–Trinajstić information content (AvgIpc) is 2.67. The van der Waals surface area contributed by atoms with E-state index in [0.717, 1.165) is 10.5 Å². The molecule has 1 N–H and O–H groups in total. The first-order valence-electron chi connectivity index (χ1n) is 6.01. The lowest BCUT2D eigenvalue weighted by Crippen LogP contribution is -2.27. The van der Waals surface area contributed by atoms with E-state index in [9.17, 15) is 13.6 Å². The van der Waals surface area contributed by atoms with Crippen LogP contribution in [0.25, 0.3) is 0 Å². The Morgan fingerprint density at radius 3 is 2.45 bits per heavy atom. The number of amides is 1. The topological polar surface area (TPSA) is 34.0 Å². The molecular weight excluding hydrogens is 330 g/mol. The Morgan fingerprint density at radius 2 is 1.90 bits per heavy atom. The van der Waals surface area contributed by atoms with Crippen molar-refractivity contribution in [2.45, 2.75) is 6.42 Å². The van der Waals surface area contributed by atoms with Crippen LogP contribution in [0.3, 0.4) is 0 Å². The van der Waals surface area contributed by atoms with Crippen molar-refractivity contribution in [2.24, 2.45) is 7.05 Å². The van der Waals surface area contributed by atoms with E-state index in [0.29, 0.717) is 24.2 Å². The van der Waals surface area contributed by atoms with Gasteiger partial charge < -0.3 is 9.88 Å². The van der Waals surface area contributed by atoms with Gasteiger partial charge in [-0.3, -0.25) is 4.79 Å². The van der Waals surface area contributed by atoms with Crippen molar-refractivity contribution in [1.29, 1.82) is 0 Å². The normalized spacial score (nSPS) is 10.6. The first-order valence-corrected chi connectivity index (χ1v) is 6.80. The summed E-state index contributed by atoms with van der Waals surface area (Å²) < 4.78 is 28.5. The minimum absolute atomic E-state index is 0.227. The highest BCUT2D eigenvalue weighted by atomic mass is 79.9. The molecule has 0 aliphatic carbocycles. The van der Waals surface area contributed by atoms with Crippen molar-refractivity contribution in [3.63, 3.8) is 0 Å². The fraction of sp³-hybridized carbons (Fsp3) is 0.214. The van der Waals surface area contributed by atoms with Crippen LogP contribution in [0.2, 0.25) is 0 Å². The second kappa shape index (κ2) is 6.17. The average molecular weight is 343 g/mol. The number of rotatable bonds is 4. The maximum Gasteiger partial charge on any atom is 0.267 e. The van der Waals surface area contributed by atoms with Gasteiger partial charge in [0.15, 0.2) is 0 Å². The summed E-state index contributed by atoms with van der Waals surface area (Å²) in [7, 11) is 1.77. The van der Waals surface area contributed by atoms with Crippen molar-refractivity contribution < 1.29 is 13.6 Å². The maximum absolute atomic E-state index is 13.0. The standard InChI is InChI=1S/C14H13BrF2N2O/c1-19-8-10(15)6-13(19)14(20)18-3-2-9-4-11(16)7-12(17)5-9/h4-8H,2-3H2,1H3,(H,18,20). The van der Waals surface area contributed by atoms with Crippen molar-refractivity contribution in [1.82, 2.24) is 9.88 Å². The van der Waals surface area contributed by atoms with E-state index < -0.39 is 11.6 Å². The molecule has 0 unspecified atom stereocenters. The summed E-state index contributed by atoms with van der Waals surface area (Å²) in [6.07, 6.45) is 2.14. The van der Waals surface area contributed by atoms with Crippen molar-refractivity contribution in [3.05, 3.63) is 57.8 Å². The van der Waals surface area contributed by atoms with Crippen LogP contribution in [0.4, 0.5) is 8.78 Å². The Morgan fingerprint density at radius 1 is 1.25 bits per heavy atom. The van der Waals surface area contributed by atoms with Gasteiger partial charge in [0.1, 0.15) is 17.3 Å². The third kappa shape index (κ3) is 3.66. The van der Waals surface area contributed by atoms with E-state index in [1.807, 2.05) is 0 Å². The molecule has 20 heavy (non-hydrogen) atoms. The molecule has 2 aromatic rings. The van der Waals surface area contributed by atoms with Crippen LogP contribution in [-0.4, -0.2) is 17.0 Å². The maximum atomic E-state index is 13.0. The molecule has 0 bridgehead atoms. The highest BCUT2D eigenvalue weighted by molar-refractivity contribution is 9.10. The van der Waals surface area contributed by atoms with Gasteiger partial charge >= 0.3 is 0 Å². The molecule has 106 valence electrons. The Bertz CT molecular complexity index is 620. The summed E-state index contributed by atoms with van der Waals surface area (Å²) in [6, 6.07) is 5.05. The van der Waals surface area contributed by atoms with Crippen LogP contribution in [0.1, 0.15) is 16.1 Å². The fourth-order valence-electron chi connectivity index (χ4n) is 1.92. The number of carbonyl (C=O) groups excluding carboxylic acids is 1. The molecule has 0 saturated carbocycles. The van der Waals surface area contributed by atoms with Crippen LogP contribution < -0.4 is 5.32 Å². The minimum Gasteiger partial charge on any atom is -0.350 e. The van der Waals surface area contributed by atoms with E-state index in [2.05, 4.69) is 21.2 Å². The molecule has 0 aliphatic rings. The zero-order valence-corrected chi connectivity index (χ0v) is 12.4. The summed E-state index contributed by atoms with van der Waals surface area (Å²) in [6.45, 7) is 0.310. The SMILES string of the molecule is Cn1cc(Br)cc1C(=O)NCCc1cc(F)cc(F)c1. The highest BCUT2D eigenvalue weighted by Crippen LogP contribution is 2.13. The summed E-state index contributed by atoms with van der Waals surface area (Å²) in [5, 5.41) is 2.72. The molecule has 0 spiro atoms. The molecule has 1 aromatic carbocycles. The number of benzene rings is 1. The first kappa shape index (κ1) is 14.7. The molecule has 1 amide bonds. The molecule has 1 heterocycles. The van der Waals surface area contributed by atoms with Crippen molar-refractivity contribution in [2.75, 3.05) is 6.54 Å². The Hall–Kier alpha value is -1.69. The number of nitrogens with zero attached hydrogens (tertiary/aromatic N) is 1. The van der Waals surface area contributed by atoms with E-state index in [-0.39, 0.29) is 5.91 Å². The van der Waals surface area contributed by atoms with E-state index >= 15 is 0 Å². The van der Waals surface area contributed by atoms with Gasteiger partial charge in [0.2, 0.25) is 0 Å². The van der Waals surface area contributed by atoms with E-state index in [4.69, 9.17) is 0 Å². The van der Waals surface area contributed by atoms with E-state index in [1.54, 1.807) is 23.9 Å². The number of carbonyl (C=O) groups is 1. The third-order valence-corrected chi connectivity index (χ3v) is 3.26. The summed E-state index contributed by atoms with van der Waals surface area (Å²) in [5.41, 5.74) is 1.03. The number of hydrogen-bond acceptors (Lipinski definition) is 1. The van der Waals surface area contributed by atoms with Gasteiger partial charge in [0.05, 0.1) is 0 Å². The molecule has 0 aliphatic heterocycles. The molecule has 3 nitrogen and oxygen atoms in total. The number of halogens is 3. The Labute approximate surface area is 123 Å². The van der Waals surface area contributed by atoms with Crippen molar-refractivity contribution >= 4 is 21.8 Å². The lowest BCUT2D eigenvalue weighted by atomic mass is 10.1. The molecule has 0 saturated heterocycles. The van der Waals surface area contributed by atoms with Crippen LogP contribution >= 0.6 is 15.9 Å². The minimum atomic E-state index is -0.613. The molecule has 0 atom stereocenters. The van der Waals surface area contributed by atoms with Crippen LogP contribution in [0, 0.1) is 11.6 Å².